The maximum atomic E-state index is 12.3. The van der Waals surface area contributed by atoms with Crippen LogP contribution in [0.1, 0.15) is 26.3 Å². The van der Waals surface area contributed by atoms with Crippen molar-refractivity contribution >= 4 is 29.4 Å². The first kappa shape index (κ1) is 14.7. The molecule has 1 aliphatic carbocycles. The van der Waals surface area contributed by atoms with Crippen LogP contribution in [0, 0.1) is 0 Å². The molecule has 0 radical (unpaired) electrons. The van der Waals surface area contributed by atoms with Crippen molar-refractivity contribution in [2.75, 3.05) is 7.05 Å². The Kier molecular flexibility index (Phi) is 3.76. The Morgan fingerprint density at radius 3 is 2.43 bits per heavy atom. The minimum atomic E-state index is -0.278. The number of Topliss-reactive ketones (excluding diaryl/α,β-unsaturated/α-hetero) is 1. The highest BCUT2D eigenvalue weighted by Crippen LogP contribution is 2.30. The highest BCUT2D eigenvalue weighted by atomic mass is 16.3. The molecule has 114 valence electrons. The zero-order valence-corrected chi connectivity index (χ0v) is 12.4. The molecule has 2 aromatic carbocycles. The zero-order chi connectivity index (χ0) is 16.4. The molecule has 0 atom stereocenters. The van der Waals surface area contributed by atoms with Crippen molar-refractivity contribution < 1.29 is 14.7 Å². The average Bonchev–Trinajstić information content (AvgIpc) is 2.84. The number of rotatable bonds is 3. The van der Waals surface area contributed by atoms with Gasteiger partial charge >= 0.3 is 0 Å². The first-order chi connectivity index (χ1) is 11.1. The smallest absolute Gasteiger partial charge is 0.253 e. The molecular weight excluding hydrogens is 292 g/mol. The molecule has 0 spiro atoms. The van der Waals surface area contributed by atoms with Crippen LogP contribution < -0.4 is 5.32 Å². The van der Waals surface area contributed by atoms with Gasteiger partial charge in [-0.3, -0.25) is 14.6 Å². The molecule has 0 heterocycles. The summed E-state index contributed by atoms with van der Waals surface area (Å²) < 4.78 is 0. The van der Waals surface area contributed by atoms with E-state index in [4.69, 9.17) is 0 Å². The lowest BCUT2D eigenvalue weighted by molar-refractivity contribution is 0.0963. The van der Waals surface area contributed by atoms with Gasteiger partial charge in [-0.2, -0.15) is 0 Å². The fourth-order valence-electron chi connectivity index (χ4n) is 2.45. The van der Waals surface area contributed by atoms with Crippen molar-refractivity contribution in [2.45, 2.75) is 0 Å². The molecule has 1 amide bonds. The lowest BCUT2D eigenvalue weighted by atomic mass is 10.1. The number of carbonyl (C=O) groups is 2. The number of hydrogen-bond acceptors (Lipinski definition) is 4. The maximum Gasteiger partial charge on any atom is 0.253 e. The number of aliphatic hydroxyl groups excluding tert-OH is 1. The van der Waals surface area contributed by atoms with Gasteiger partial charge < -0.3 is 10.4 Å². The molecular formula is C18H14N2O3. The fourth-order valence-corrected chi connectivity index (χ4v) is 2.45. The molecule has 5 nitrogen and oxygen atoms in total. The van der Waals surface area contributed by atoms with Crippen LogP contribution in [0.15, 0.2) is 59.1 Å². The number of ketones is 1. The summed E-state index contributed by atoms with van der Waals surface area (Å²) in [4.78, 5) is 28.4. The first-order valence-electron chi connectivity index (χ1n) is 7.06. The Labute approximate surface area is 133 Å². The number of aliphatic imine (C=N–C) groups is 1. The monoisotopic (exact) mass is 306 g/mol. The van der Waals surface area contributed by atoms with Gasteiger partial charge in [0.1, 0.15) is 5.76 Å². The van der Waals surface area contributed by atoms with Gasteiger partial charge in [0.25, 0.3) is 5.91 Å². The molecule has 0 aromatic heterocycles. The Hall–Kier alpha value is -3.21. The number of aliphatic hydroxyl groups is 1. The topological polar surface area (TPSA) is 78.8 Å². The molecule has 0 unspecified atom stereocenters. The van der Waals surface area contributed by atoms with Crippen LogP contribution >= 0.6 is 0 Å². The third-order valence-corrected chi connectivity index (χ3v) is 3.64. The maximum absolute atomic E-state index is 12.3. The molecule has 0 saturated heterocycles. The second-order valence-corrected chi connectivity index (χ2v) is 4.99. The van der Waals surface area contributed by atoms with Gasteiger partial charge in [-0.25, -0.2) is 0 Å². The third kappa shape index (κ3) is 2.53. The highest BCUT2D eigenvalue weighted by molar-refractivity contribution is 6.30. The summed E-state index contributed by atoms with van der Waals surface area (Å²) in [5.74, 6) is -0.636. The predicted molar refractivity (Wildman–Crippen MR) is 88.3 cm³/mol. The summed E-state index contributed by atoms with van der Waals surface area (Å²) in [6, 6.07) is 13.6. The number of para-hydroxylation sites is 1. The molecule has 0 saturated carbocycles. The van der Waals surface area contributed by atoms with Crippen molar-refractivity contribution in [3.63, 3.8) is 0 Å². The largest absolute Gasteiger partial charge is 0.506 e. The van der Waals surface area contributed by atoms with E-state index in [9.17, 15) is 14.7 Å². The molecule has 5 heteroatoms. The summed E-state index contributed by atoms with van der Waals surface area (Å²) >= 11 is 0. The van der Waals surface area contributed by atoms with Crippen molar-refractivity contribution in [3.8, 4) is 0 Å². The van der Waals surface area contributed by atoms with Gasteiger partial charge in [0, 0.05) is 24.4 Å². The van der Waals surface area contributed by atoms with Crippen molar-refractivity contribution in [3.05, 3.63) is 70.8 Å². The number of allylic oxidation sites excluding steroid dienone is 1. The van der Waals surface area contributed by atoms with Crippen molar-refractivity contribution in [1.29, 1.82) is 0 Å². The summed E-state index contributed by atoms with van der Waals surface area (Å²) in [6.07, 6.45) is 1.30. The molecule has 0 aliphatic heterocycles. The fraction of sp³-hybridized carbons (Fsp3) is 0.0556. The minimum absolute atomic E-state index is 0.0909. The van der Waals surface area contributed by atoms with Crippen molar-refractivity contribution in [2.24, 2.45) is 4.99 Å². The zero-order valence-electron chi connectivity index (χ0n) is 12.4. The molecule has 0 fully saturated rings. The molecule has 1 aliphatic rings. The number of nitrogens with one attached hydrogen (secondary N) is 1. The summed E-state index contributed by atoms with van der Waals surface area (Å²) in [5.41, 5.74) is 1.90. The van der Waals surface area contributed by atoms with E-state index in [0.29, 0.717) is 22.4 Å². The van der Waals surface area contributed by atoms with Gasteiger partial charge in [-0.05, 0) is 12.1 Å². The Bertz CT molecular complexity index is 866. The predicted octanol–water partition coefficient (Wildman–Crippen LogP) is 2.91. The van der Waals surface area contributed by atoms with Crippen LogP contribution in [0.2, 0.25) is 0 Å². The average molecular weight is 306 g/mol. The van der Waals surface area contributed by atoms with E-state index in [1.54, 1.807) is 48.5 Å². The van der Waals surface area contributed by atoms with Gasteiger partial charge in [0.05, 0.1) is 16.8 Å². The van der Waals surface area contributed by atoms with Gasteiger partial charge in [0.2, 0.25) is 0 Å². The van der Waals surface area contributed by atoms with Crippen LogP contribution in [-0.4, -0.2) is 30.1 Å². The van der Waals surface area contributed by atoms with E-state index >= 15 is 0 Å². The number of benzene rings is 2. The number of amides is 1. The number of hydrogen-bond donors (Lipinski definition) is 2. The van der Waals surface area contributed by atoms with Crippen LogP contribution in [0.4, 0.5) is 5.69 Å². The second-order valence-electron chi connectivity index (χ2n) is 4.99. The van der Waals surface area contributed by atoms with Crippen molar-refractivity contribution in [1.82, 2.24) is 5.32 Å². The number of carbonyl (C=O) groups excluding carboxylic acids is 2. The lowest BCUT2D eigenvalue weighted by Gasteiger charge is -2.03. The van der Waals surface area contributed by atoms with E-state index < -0.39 is 0 Å². The van der Waals surface area contributed by atoms with Gasteiger partial charge in [-0.15, -0.1) is 0 Å². The summed E-state index contributed by atoms with van der Waals surface area (Å²) in [5, 5.41) is 12.7. The lowest BCUT2D eigenvalue weighted by Crippen LogP contribution is -2.17. The van der Waals surface area contributed by atoms with Crippen LogP contribution in [-0.2, 0) is 0 Å². The SMILES string of the molecule is CNC(=O)c1ccccc1N=CC1=C(O)c2ccccc2C1=O. The molecule has 2 N–H and O–H groups in total. The van der Waals surface area contributed by atoms with E-state index in [1.807, 2.05) is 0 Å². The summed E-state index contributed by atoms with van der Waals surface area (Å²) in [7, 11) is 1.54. The van der Waals surface area contributed by atoms with E-state index in [-0.39, 0.29) is 23.0 Å². The highest BCUT2D eigenvalue weighted by Gasteiger charge is 2.28. The second kappa shape index (κ2) is 5.88. The molecule has 3 rings (SSSR count). The Morgan fingerprint density at radius 2 is 1.74 bits per heavy atom. The Balaban J connectivity index is 1.98. The van der Waals surface area contributed by atoms with Gasteiger partial charge in [0.15, 0.2) is 5.78 Å². The first-order valence-corrected chi connectivity index (χ1v) is 7.06. The van der Waals surface area contributed by atoms with E-state index in [1.165, 1.54) is 13.3 Å². The van der Waals surface area contributed by atoms with Crippen LogP contribution in [0.3, 0.4) is 0 Å². The molecule has 23 heavy (non-hydrogen) atoms. The van der Waals surface area contributed by atoms with E-state index in [2.05, 4.69) is 10.3 Å². The standard InChI is InChI=1S/C18H14N2O3/c1-19-18(23)13-8-4-5-9-15(13)20-10-14-16(21)11-6-2-3-7-12(11)17(14)22/h2-10,21H,1H3,(H,19,23). The summed E-state index contributed by atoms with van der Waals surface area (Å²) in [6.45, 7) is 0. The van der Waals surface area contributed by atoms with Gasteiger partial charge in [-0.1, -0.05) is 36.4 Å². The number of nitrogens with zero attached hydrogens (tertiary/aromatic N) is 1. The normalized spacial score (nSPS) is 13.5. The quantitative estimate of drug-likeness (QED) is 0.856. The Morgan fingerprint density at radius 1 is 1.09 bits per heavy atom. The third-order valence-electron chi connectivity index (χ3n) is 3.64. The van der Waals surface area contributed by atoms with Crippen LogP contribution in [0.5, 0.6) is 0 Å². The molecule has 0 bridgehead atoms. The number of fused-ring (bicyclic) bond motifs is 1. The molecule has 2 aromatic rings. The van der Waals surface area contributed by atoms with Crippen LogP contribution in [0.25, 0.3) is 5.76 Å². The van der Waals surface area contributed by atoms with E-state index in [0.717, 1.165) is 0 Å². The minimum Gasteiger partial charge on any atom is -0.506 e.